The van der Waals surface area contributed by atoms with Crippen LogP contribution >= 0.6 is 0 Å². The van der Waals surface area contributed by atoms with Crippen LogP contribution in [0.25, 0.3) is 0 Å². The lowest BCUT2D eigenvalue weighted by molar-refractivity contribution is -0.165. The number of fused-ring (bicyclic) bond motifs is 5. The Kier molecular flexibility index (Phi) is 6.23. The SMILES string of the molecule is CC(C)OCOC1C[C@@]2(C)C(=CC1=O)CC[C@@H]1[C@@H]2[C@@H](O)C[C@]2(C)[C@@H](C(=O)CO)CC[C@@H]12. The lowest BCUT2D eigenvalue weighted by Crippen LogP contribution is -2.58. The van der Waals surface area contributed by atoms with E-state index in [1.54, 1.807) is 6.08 Å². The minimum absolute atomic E-state index is 0.00268. The molecule has 0 aromatic carbocycles. The van der Waals surface area contributed by atoms with Gasteiger partial charge in [0.25, 0.3) is 0 Å². The van der Waals surface area contributed by atoms with Crippen molar-refractivity contribution in [3.8, 4) is 0 Å². The second-order valence-corrected chi connectivity index (χ2v) is 11.0. The van der Waals surface area contributed by atoms with Crippen molar-refractivity contribution in [1.29, 1.82) is 0 Å². The smallest absolute Gasteiger partial charge is 0.184 e. The largest absolute Gasteiger partial charge is 0.393 e. The fourth-order valence-corrected chi connectivity index (χ4v) is 7.77. The Morgan fingerprint density at radius 2 is 1.97 bits per heavy atom. The van der Waals surface area contributed by atoms with Gasteiger partial charge in [-0.1, -0.05) is 19.4 Å². The molecular weight excluding hydrogens is 396 g/mol. The fraction of sp³-hybridized carbons (Fsp3) is 0.840. The molecule has 0 spiro atoms. The van der Waals surface area contributed by atoms with Crippen LogP contribution in [0.3, 0.4) is 0 Å². The molecule has 1 unspecified atom stereocenters. The van der Waals surface area contributed by atoms with Gasteiger partial charge >= 0.3 is 0 Å². The molecule has 3 fully saturated rings. The van der Waals surface area contributed by atoms with Crippen LogP contribution in [0.15, 0.2) is 11.6 Å². The molecule has 31 heavy (non-hydrogen) atoms. The predicted octanol–water partition coefficient (Wildman–Crippen LogP) is 3.04. The summed E-state index contributed by atoms with van der Waals surface area (Å²) in [5.74, 6) is 0.482. The van der Waals surface area contributed by atoms with Crippen LogP contribution in [0.5, 0.6) is 0 Å². The molecule has 0 radical (unpaired) electrons. The third-order valence-corrected chi connectivity index (χ3v) is 9.13. The molecule has 4 aliphatic carbocycles. The summed E-state index contributed by atoms with van der Waals surface area (Å²) < 4.78 is 11.3. The zero-order valence-electron chi connectivity index (χ0n) is 19.3. The molecule has 6 heteroatoms. The molecular formula is C25H38O6. The van der Waals surface area contributed by atoms with Crippen LogP contribution in [0.4, 0.5) is 0 Å². The predicted molar refractivity (Wildman–Crippen MR) is 115 cm³/mol. The first-order valence-electron chi connectivity index (χ1n) is 11.9. The molecule has 0 saturated heterocycles. The summed E-state index contributed by atoms with van der Waals surface area (Å²) in [7, 11) is 0. The highest BCUT2D eigenvalue weighted by Crippen LogP contribution is 2.66. The average Bonchev–Trinajstić information content (AvgIpc) is 3.04. The van der Waals surface area contributed by atoms with Gasteiger partial charge in [-0.25, -0.2) is 0 Å². The minimum atomic E-state index is -0.543. The van der Waals surface area contributed by atoms with Crippen molar-refractivity contribution in [2.45, 2.75) is 84.5 Å². The Balaban J connectivity index is 1.60. The third kappa shape index (κ3) is 3.73. The monoisotopic (exact) mass is 434 g/mol. The van der Waals surface area contributed by atoms with Gasteiger partial charge in [0.1, 0.15) is 19.5 Å². The van der Waals surface area contributed by atoms with Crippen LogP contribution in [-0.2, 0) is 19.1 Å². The molecule has 0 bridgehead atoms. The highest BCUT2D eigenvalue weighted by atomic mass is 16.7. The van der Waals surface area contributed by atoms with E-state index in [1.165, 1.54) is 0 Å². The van der Waals surface area contributed by atoms with Crippen molar-refractivity contribution < 1.29 is 29.3 Å². The van der Waals surface area contributed by atoms with Crippen LogP contribution in [0, 0.1) is 34.5 Å². The number of carbonyl (C=O) groups excluding carboxylic acids is 2. The molecule has 0 aromatic rings. The van der Waals surface area contributed by atoms with Crippen LogP contribution < -0.4 is 0 Å². The molecule has 2 N–H and O–H groups in total. The first kappa shape index (κ1) is 23.1. The van der Waals surface area contributed by atoms with Gasteiger partial charge in [-0.15, -0.1) is 0 Å². The minimum Gasteiger partial charge on any atom is -0.393 e. The van der Waals surface area contributed by atoms with Crippen molar-refractivity contribution in [3.63, 3.8) is 0 Å². The molecule has 0 aromatic heterocycles. The number of ketones is 2. The average molecular weight is 435 g/mol. The summed E-state index contributed by atoms with van der Waals surface area (Å²) >= 11 is 0. The molecule has 4 aliphatic rings. The molecule has 4 rings (SSSR count). The molecule has 174 valence electrons. The maximum Gasteiger partial charge on any atom is 0.184 e. The number of aliphatic hydroxyl groups excluding tert-OH is 2. The zero-order chi connectivity index (χ0) is 22.6. The summed E-state index contributed by atoms with van der Waals surface area (Å²) in [4.78, 5) is 25.2. The zero-order valence-corrected chi connectivity index (χ0v) is 19.3. The van der Waals surface area contributed by atoms with E-state index in [2.05, 4.69) is 13.8 Å². The maximum atomic E-state index is 12.7. The number of ether oxygens (including phenoxy) is 2. The topological polar surface area (TPSA) is 93.1 Å². The lowest BCUT2D eigenvalue weighted by atomic mass is 9.45. The van der Waals surface area contributed by atoms with Gasteiger partial charge in [0.15, 0.2) is 11.6 Å². The molecule has 0 aliphatic heterocycles. The van der Waals surface area contributed by atoms with Gasteiger partial charge in [0.2, 0.25) is 0 Å². The highest BCUT2D eigenvalue weighted by Gasteiger charge is 2.63. The van der Waals surface area contributed by atoms with E-state index in [-0.39, 0.29) is 47.1 Å². The molecule has 6 nitrogen and oxygen atoms in total. The van der Waals surface area contributed by atoms with E-state index in [4.69, 9.17) is 9.47 Å². The van der Waals surface area contributed by atoms with E-state index in [0.29, 0.717) is 24.7 Å². The summed E-state index contributed by atoms with van der Waals surface area (Å²) in [6.07, 6.45) is 5.45. The lowest BCUT2D eigenvalue weighted by Gasteiger charge is -2.60. The number of rotatable bonds is 6. The molecule has 8 atom stereocenters. The standard InChI is InChI=1S/C25H38O6/c1-14(2)30-13-31-22-11-24(3)15(9-19(22)27)5-6-16-17-7-8-18(21(29)12-26)25(17,4)10-20(28)23(16)24/h9,14,16-18,20,22-23,26,28H,5-8,10-13H2,1-4H3/t16-,17-,18+,20-,22?,23+,24-,25-/m0/s1. The van der Waals surface area contributed by atoms with Gasteiger partial charge in [0, 0.05) is 5.92 Å². The second kappa shape index (κ2) is 8.36. The van der Waals surface area contributed by atoms with Crippen LogP contribution in [-0.4, -0.2) is 53.5 Å². The third-order valence-electron chi connectivity index (χ3n) is 9.13. The van der Waals surface area contributed by atoms with Crippen molar-refractivity contribution in [2.24, 2.45) is 34.5 Å². The van der Waals surface area contributed by atoms with E-state index >= 15 is 0 Å². The van der Waals surface area contributed by atoms with Gasteiger partial charge in [-0.05, 0) is 87.0 Å². The van der Waals surface area contributed by atoms with Crippen LogP contribution in [0.1, 0.15) is 66.2 Å². The van der Waals surface area contributed by atoms with Gasteiger partial charge in [0.05, 0.1) is 12.2 Å². The molecule has 0 amide bonds. The van der Waals surface area contributed by atoms with E-state index < -0.39 is 18.8 Å². The summed E-state index contributed by atoms with van der Waals surface area (Å²) in [6.45, 7) is 7.89. The van der Waals surface area contributed by atoms with E-state index in [9.17, 15) is 19.8 Å². The Morgan fingerprint density at radius 1 is 1.23 bits per heavy atom. The quantitative estimate of drug-likeness (QED) is 0.624. The number of aliphatic hydroxyl groups is 2. The maximum absolute atomic E-state index is 12.7. The fourth-order valence-electron chi connectivity index (χ4n) is 7.77. The number of allylic oxidation sites excluding steroid dienone is 1. The number of Topliss-reactive ketones (excluding diaryl/α,β-unsaturated/α-hetero) is 1. The van der Waals surface area contributed by atoms with Crippen molar-refractivity contribution in [1.82, 2.24) is 0 Å². The van der Waals surface area contributed by atoms with Crippen molar-refractivity contribution in [3.05, 3.63) is 11.6 Å². The van der Waals surface area contributed by atoms with Crippen molar-refractivity contribution in [2.75, 3.05) is 13.4 Å². The Labute approximate surface area is 185 Å². The first-order valence-corrected chi connectivity index (χ1v) is 11.9. The van der Waals surface area contributed by atoms with Crippen LogP contribution in [0.2, 0.25) is 0 Å². The first-order chi connectivity index (χ1) is 14.6. The number of carbonyl (C=O) groups is 2. The number of hydrogen-bond acceptors (Lipinski definition) is 6. The summed E-state index contributed by atoms with van der Waals surface area (Å²) in [6, 6.07) is 0. The number of hydrogen-bond donors (Lipinski definition) is 2. The molecule has 0 heterocycles. The van der Waals surface area contributed by atoms with Crippen molar-refractivity contribution >= 4 is 11.6 Å². The normalized spacial score (nSPS) is 44.5. The Morgan fingerprint density at radius 3 is 2.65 bits per heavy atom. The Bertz CT molecular complexity index is 759. The summed E-state index contributed by atoms with van der Waals surface area (Å²) in [5, 5.41) is 20.9. The van der Waals surface area contributed by atoms with E-state index in [0.717, 1.165) is 31.3 Å². The van der Waals surface area contributed by atoms with Gasteiger partial charge in [-0.2, -0.15) is 0 Å². The van der Waals surface area contributed by atoms with Gasteiger partial charge < -0.3 is 19.7 Å². The highest BCUT2D eigenvalue weighted by molar-refractivity contribution is 5.95. The summed E-state index contributed by atoms with van der Waals surface area (Å²) in [5.41, 5.74) is 0.592. The van der Waals surface area contributed by atoms with Gasteiger partial charge in [-0.3, -0.25) is 9.59 Å². The van der Waals surface area contributed by atoms with E-state index in [1.807, 2.05) is 13.8 Å². The second-order valence-electron chi connectivity index (χ2n) is 11.0. The molecule has 3 saturated carbocycles. The Hall–Kier alpha value is -1.08.